The first-order valence-electron chi connectivity index (χ1n) is 8.76. The summed E-state index contributed by atoms with van der Waals surface area (Å²) in [7, 11) is 0. The van der Waals surface area contributed by atoms with E-state index in [1.165, 1.54) is 11.3 Å². The Bertz CT molecular complexity index is 1100. The molecule has 0 fully saturated rings. The van der Waals surface area contributed by atoms with Gasteiger partial charge >= 0.3 is 5.97 Å². The zero-order chi connectivity index (χ0) is 20.4. The van der Waals surface area contributed by atoms with Gasteiger partial charge in [0, 0.05) is 10.6 Å². The Labute approximate surface area is 165 Å². The fourth-order valence-corrected chi connectivity index (χ4v) is 3.66. The molecule has 0 spiro atoms. The summed E-state index contributed by atoms with van der Waals surface area (Å²) in [6.07, 6.45) is 0. The molecule has 0 aliphatic heterocycles. The molecule has 0 aliphatic rings. The van der Waals surface area contributed by atoms with Crippen molar-refractivity contribution in [2.45, 2.75) is 33.7 Å². The maximum Gasteiger partial charge on any atom is 0.338 e. The van der Waals surface area contributed by atoms with Gasteiger partial charge in [0.2, 0.25) is 5.91 Å². The lowest BCUT2D eigenvalue weighted by molar-refractivity contribution is -0.119. The Kier molecular flexibility index (Phi) is 5.55. The third kappa shape index (κ3) is 3.65. The SMILES string of the molecule is CCOC(=O)c1ccc(NC(=O)C(C)n2nnc3sc(C)c(C)c3c2=O)cc1. The molecule has 1 aromatic carbocycles. The van der Waals surface area contributed by atoms with Crippen LogP contribution in [-0.2, 0) is 9.53 Å². The van der Waals surface area contributed by atoms with Crippen LogP contribution in [0.4, 0.5) is 5.69 Å². The summed E-state index contributed by atoms with van der Waals surface area (Å²) in [5, 5.41) is 11.2. The van der Waals surface area contributed by atoms with Crippen molar-refractivity contribution >= 4 is 39.1 Å². The Morgan fingerprint density at radius 3 is 2.57 bits per heavy atom. The van der Waals surface area contributed by atoms with Gasteiger partial charge in [0.1, 0.15) is 6.04 Å². The minimum Gasteiger partial charge on any atom is -0.462 e. The summed E-state index contributed by atoms with van der Waals surface area (Å²) in [4.78, 5) is 38.6. The average Bonchev–Trinajstić information content (AvgIpc) is 2.97. The van der Waals surface area contributed by atoms with E-state index in [4.69, 9.17) is 4.74 Å². The molecule has 146 valence electrons. The molecule has 28 heavy (non-hydrogen) atoms. The number of aromatic nitrogens is 3. The van der Waals surface area contributed by atoms with E-state index < -0.39 is 17.9 Å². The fourth-order valence-electron chi connectivity index (χ4n) is 2.69. The van der Waals surface area contributed by atoms with Crippen LogP contribution in [0.1, 0.15) is 40.7 Å². The lowest BCUT2D eigenvalue weighted by atomic mass is 10.2. The van der Waals surface area contributed by atoms with Crippen molar-refractivity contribution in [1.29, 1.82) is 0 Å². The lowest BCUT2D eigenvalue weighted by Crippen LogP contribution is -2.34. The molecule has 1 N–H and O–H groups in total. The molecule has 2 aromatic heterocycles. The number of rotatable bonds is 5. The predicted octanol–water partition coefficient (Wildman–Crippen LogP) is 2.85. The van der Waals surface area contributed by atoms with Gasteiger partial charge in [0.05, 0.1) is 17.6 Å². The number of carbonyl (C=O) groups excluding carboxylic acids is 2. The van der Waals surface area contributed by atoms with Crippen molar-refractivity contribution in [1.82, 2.24) is 15.0 Å². The summed E-state index contributed by atoms with van der Waals surface area (Å²) >= 11 is 1.41. The van der Waals surface area contributed by atoms with E-state index in [9.17, 15) is 14.4 Å². The topological polar surface area (TPSA) is 103 Å². The molecule has 1 unspecified atom stereocenters. The summed E-state index contributed by atoms with van der Waals surface area (Å²) in [6.45, 7) is 7.38. The summed E-state index contributed by atoms with van der Waals surface area (Å²) in [5.41, 5.74) is 1.40. The van der Waals surface area contributed by atoms with Crippen molar-refractivity contribution in [2.75, 3.05) is 11.9 Å². The van der Waals surface area contributed by atoms with E-state index >= 15 is 0 Å². The Morgan fingerprint density at radius 1 is 1.25 bits per heavy atom. The van der Waals surface area contributed by atoms with Crippen LogP contribution in [0, 0.1) is 13.8 Å². The van der Waals surface area contributed by atoms with Crippen molar-refractivity contribution in [3.63, 3.8) is 0 Å². The quantitative estimate of drug-likeness (QED) is 0.661. The van der Waals surface area contributed by atoms with E-state index in [0.717, 1.165) is 15.1 Å². The summed E-state index contributed by atoms with van der Waals surface area (Å²) in [6, 6.07) is 5.47. The van der Waals surface area contributed by atoms with Crippen LogP contribution < -0.4 is 10.9 Å². The number of amides is 1. The highest BCUT2D eigenvalue weighted by Gasteiger charge is 2.21. The first-order chi connectivity index (χ1) is 13.3. The largest absolute Gasteiger partial charge is 0.462 e. The van der Waals surface area contributed by atoms with Gasteiger partial charge in [-0.1, -0.05) is 5.21 Å². The van der Waals surface area contributed by atoms with Gasteiger partial charge in [0.25, 0.3) is 5.56 Å². The van der Waals surface area contributed by atoms with Crippen LogP contribution in [0.2, 0.25) is 0 Å². The van der Waals surface area contributed by atoms with Gasteiger partial charge in [-0.3, -0.25) is 9.59 Å². The molecule has 2 heterocycles. The van der Waals surface area contributed by atoms with E-state index in [-0.39, 0.29) is 12.2 Å². The standard InChI is InChI=1S/C19H20N4O4S/c1-5-27-19(26)13-6-8-14(9-7-13)20-16(24)11(3)23-18(25)15-10(2)12(4)28-17(15)21-22-23/h6-9,11H,5H2,1-4H3,(H,20,24). The number of hydrogen-bond donors (Lipinski definition) is 1. The second-order valence-corrected chi connectivity index (χ2v) is 7.47. The molecule has 0 radical (unpaired) electrons. The number of thiophene rings is 1. The van der Waals surface area contributed by atoms with Gasteiger partial charge in [-0.05, 0) is 57.5 Å². The molecule has 1 atom stereocenters. The fraction of sp³-hybridized carbons (Fsp3) is 0.316. The van der Waals surface area contributed by atoms with E-state index in [1.54, 1.807) is 38.1 Å². The van der Waals surface area contributed by atoms with Crippen molar-refractivity contribution < 1.29 is 14.3 Å². The number of aryl methyl sites for hydroxylation is 2. The average molecular weight is 400 g/mol. The van der Waals surface area contributed by atoms with Gasteiger partial charge < -0.3 is 10.1 Å². The molecule has 0 saturated carbocycles. The van der Waals surface area contributed by atoms with E-state index in [2.05, 4.69) is 15.6 Å². The van der Waals surface area contributed by atoms with E-state index in [1.807, 2.05) is 13.8 Å². The second kappa shape index (κ2) is 7.89. The maximum absolute atomic E-state index is 12.8. The smallest absolute Gasteiger partial charge is 0.338 e. The Balaban J connectivity index is 1.80. The zero-order valence-corrected chi connectivity index (χ0v) is 16.8. The molecule has 0 saturated heterocycles. The van der Waals surface area contributed by atoms with Crippen molar-refractivity contribution in [2.24, 2.45) is 0 Å². The monoisotopic (exact) mass is 400 g/mol. The van der Waals surface area contributed by atoms with Crippen molar-refractivity contribution in [3.8, 4) is 0 Å². The van der Waals surface area contributed by atoms with Crippen LogP contribution in [0.15, 0.2) is 29.1 Å². The molecule has 3 aromatic rings. The first-order valence-corrected chi connectivity index (χ1v) is 9.58. The zero-order valence-electron chi connectivity index (χ0n) is 16.0. The van der Waals surface area contributed by atoms with Crippen LogP contribution in [0.3, 0.4) is 0 Å². The van der Waals surface area contributed by atoms with Crippen LogP contribution in [-0.4, -0.2) is 33.5 Å². The third-order valence-electron chi connectivity index (χ3n) is 4.43. The minimum absolute atomic E-state index is 0.290. The highest BCUT2D eigenvalue weighted by Crippen LogP contribution is 2.25. The number of hydrogen-bond acceptors (Lipinski definition) is 7. The van der Waals surface area contributed by atoms with Gasteiger partial charge in [0.15, 0.2) is 4.83 Å². The number of esters is 1. The van der Waals surface area contributed by atoms with Gasteiger partial charge in [-0.25, -0.2) is 4.79 Å². The molecule has 8 nitrogen and oxygen atoms in total. The molecule has 9 heteroatoms. The highest BCUT2D eigenvalue weighted by atomic mass is 32.1. The predicted molar refractivity (Wildman–Crippen MR) is 107 cm³/mol. The Hall–Kier alpha value is -3.07. The molecule has 1 amide bonds. The number of ether oxygens (including phenoxy) is 1. The third-order valence-corrected chi connectivity index (χ3v) is 5.52. The Morgan fingerprint density at radius 2 is 1.93 bits per heavy atom. The lowest BCUT2D eigenvalue weighted by Gasteiger charge is -2.13. The van der Waals surface area contributed by atoms with Crippen molar-refractivity contribution in [3.05, 3.63) is 50.6 Å². The first kappa shape index (κ1) is 19.7. The minimum atomic E-state index is -0.853. The van der Waals surface area contributed by atoms with E-state index in [0.29, 0.717) is 21.5 Å². The molecular weight excluding hydrogens is 380 g/mol. The number of benzene rings is 1. The summed E-state index contributed by atoms with van der Waals surface area (Å²) in [5.74, 6) is -0.838. The number of nitrogens with one attached hydrogen (secondary N) is 1. The van der Waals surface area contributed by atoms with Crippen LogP contribution >= 0.6 is 11.3 Å². The number of anilines is 1. The second-order valence-electron chi connectivity index (χ2n) is 6.27. The van der Waals surface area contributed by atoms with Gasteiger partial charge in [-0.2, -0.15) is 4.68 Å². The number of nitrogens with zero attached hydrogens (tertiary/aromatic N) is 3. The van der Waals surface area contributed by atoms with Gasteiger partial charge in [-0.15, -0.1) is 16.4 Å². The van der Waals surface area contributed by atoms with Crippen LogP contribution in [0.5, 0.6) is 0 Å². The van der Waals surface area contributed by atoms with Crippen LogP contribution in [0.25, 0.3) is 10.2 Å². The molecule has 0 bridgehead atoms. The molecule has 3 rings (SSSR count). The molecular formula is C19H20N4O4S. The number of fused-ring (bicyclic) bond motifs is 1. The maximum atomic E-state index is 12.8. The summed E-state index contributed by atoms with van der Waals surface area (Å²) < 4.78 is 6.01. The normalized spacial score (nSPS) is 12.0. The highest BCUT2D eigenvalue weighted by molar-refractivity contribution is 7.18. The number of carbonyl (C=O) groups is 2. The molecule has 0 aliphatic carbocycles.